The highest BCUT2D eigenvalue weighted by atomic mass is 16.3. The third-order valence-electron chi connectivity index (χ3n) is 12.8. The molecule has 0 N–H and O–H groups in total. The molecule has 2 heteroatoms. The summed E-state index contributed by atoms with van der Waals surface area (Å²) in [7, 11) is 0. The maximum absolute atomic E-state index is 6.84. The highest BCUT2D eigenvalue weighted by Gasteiger charge is 2.44. The quantitative estimate of drug-likeness (QED) is 0.184. The van der Waals surface area contributed by atoms with E-state index >= 15 is 0 Å². The number of benzene rings is 8. The van der Waals surface area contributed by atoms with Gasteiger partial charge in [0.25, 0.3) is 0 Å². The summed E-state index contributed by atoms with van der Waals surface area (Å²) in [6.07, 6.45) is 0. The van der Waals surface area contributed by atoms with Crippen LogP contribution in [0.1, 0.15) is 47.2 Å². The Hall–Kier alpha value is -6.64. The lowest BCUT2D eigenvalue weighted by Crippen LogP contribution is -2.22. The van der Waals surface area contributed by atoms with Gasteiger partial charge in [-0.25, -0.2) is 0 Å². The van der Waals surface area contributed by atoms with Gasteiger partial charge < -0.3 is 8.83 Å². The van der Waals surface area contributed by atoms with Gasteiger partial charge in [0, 0.05) is 43.5 Å². The Bertz CT molecular complexity index is 3160. The molecular formula is C52H34O2. The first-order chi connectivity index (χ1) is 26.5. The molecule has 2 aliphatic rings. The molecule has 0 bridgehead atoms. The van der Waals surface area contributed by atoms with Gasteiger partial charge in [-0.05, 0) is 93.7 Å². The van der Waals surface area contributed by atoms with Crippen LogP contribution in [0.3, 0.4) is 0 Å². The van der Waals surface area contributed by atoms with Crippen LogP contribution in [-0.4, -0.2) is 0 Å². The Labute approximate surface area is 312 Å². The molecule has 10 aromatic rings. The Morgan fingerprint density at radius 3 is 1.37 bits per heavy atom. The van der Waals surface area contributed by atoms with Crippen molar-refractivity contribution < 1.29 is 8.83 Å². The lowest BCUT2D eigenvalue weighted by Gasteiger charge is -2.28. The van der Waals surface area contributed by atoms with E-state index in [1.807, 2.05) is 6.07 Å². The Kier molecular flexibility index (Phi) is 5.81. The van der Waals surface area contributed by atoms with Crippen LogP contribution in [0.5, 0.6) is 0 Å². The van der Waals surface area contributed by atoms with Gasteiger partial charge in [0.15, 0.2) is 0 Å². The third-order valence-corrected chi connectivity index (χ3v) is 12.8. The number of para-hydroxylation sites is 3. The zero-order chi connectivity index (χ0) is 35.8. The topological polar surface area (TPSA) is 26.3 Å². The van der Waals surface area contributed by atoms with E-state index in [0.29, 0.717) is 0 Å². The van der Waals surface area contributed by atoms with Gasteiger partial charge in [-0.3, -0.25) is 0 Å². The highest BCUT2D eigenvalue weighted by Crippen LogP contribution is 2.56. The van der Waals surface area contributed by atoms with E-state index in [-0.39, 0.29) is 5.41 Å². The third kappa shape index (κ3) is 3.70. The van der Waals surface area contributed by atoms with Crippen LogP contribution < -0.4 is 0 Å². The molecule has 0 fully saturated rings. The molecule has 2 aromatic heterocycles. The fourth-order valence-corrected chi connectivity index (χ4v) is 10.2. The summed E-state index contributed by atoms with van der Waals surface area (Å²) in [5.74, 6) is 0. The second kappa shape index (κ2) is 10.5. The van der Waals surface area contributed by atoms with Crippen molar-refractivity contribution in [2.45, 2.75) is 24.7 Å². The Morgan fingerprint density at radius 2 is 0.741 bits per heavy atom. The number of furan rings is 2. The highest BCUT2D eigenvalue weighted by molar-refractivity contribution is 6.09. The maximum atomic E-state index is 6.84. The average molecular weight is 691 g/mol. The molecule has 2 aliphatic carbocycles. The monoisotopic (exact) mass is 690 g/mol. The Balaban J connectivity index is 1.04. The molecule has 1 atom stereocenters. The second-order valence-corrected chi connectivity index (χ2v) is 15.4. The van der Waals surface area contributed by atoms with E-state index in [1.54, 1.807) is 0 Å². The van der Waals surface area contributed by atoms with Crippen molar-refractivity contribution in [2.24, 2.45) is 0 Å². The molecule has 12 rings (SSSR count). The lowest BCUT2D eigenvalue weighted by atomic mass is 9.73. The van der Waals surface area contributed by atoms with Crippen LogP contribution in [0.4, 0.5) is 0 Å². The van der Waals surface area contributed by atoms with Crippen LogP contribution in [0.15, 0.2) is 179 Å². The summed E-state index contributed by atoms with van der Waals surface area (Å²) in [5, 5.41) is 4.58. The average Bonchev–Trinajstić information content (AvgIpc) is 3.94. The summed E-state index contributed by atoms with van der Waals surface area (Å²) >= 11 is 0. The van der Waals surface area contributed by atoms with E-state index in [0.717, 1.165) is 43.9 Å². The van der Waals surface area contributed by atoms with Crippen molar-refractivity contribution in [3.63, 3.8) is 0 Å². The van der Waals surface area contributed by atoms with Crippen molar-refractivity contribution >= 4 is 43.9 Å². The zero-order valence-corrected chi connectivity index (χ0v) is 30.0. The van der Waals surface area contributed by atoms with Crippen LogP contribution in [-0.2, 0) is 10.8 Å². The van der Waals surface area contributed by atoms with E-state index in [4.69, 9.17) is 8.83 Å². The molecule has 0 amide bonds. The van der Waals surface area contributed by atoms with Gasteiger partial charge in [0.1, 0.15) is 22.3 Å². The van der Waals surface area contributed by atoms with E-state index < -0.39 is 5.41 Å². The molecule has 8 aromatic carbocycles. The molecule has 0 saturated carbocycles. The fraction of sp³-hybridized carbons (Fsp3) is 0.0769. The van der Waals surface area contributed by atoms with Gasteiger partial charge in [-0.1, -0.05) is 146 Å². The summed E-state index contributed by atoms with van der Waals surface area (Å²) in [4.78, 5) is 0. The van der Waals surface area contributed by atoms with Gasteiger partial charge >= 0.3 is 0 Å². The predicted molar refractivity (Wildman–Crippen MR) is 221 cm³/mol. The van der Waals surface area contributed by atoms with Crippen molar-refractivity contribution in [3.8, 4) is 33.4 Å². The maximum Gasteiger partial charge on any atom is 0.139 e. The lowest BCUT2D eigenvalue weighted by molar-refractivity contribution is 0.637. The van der Waals surface area contributed by atoms with Gasteiger partial charge in [-0.2, -0.15) is 0 Å². The predicted octanol–water partition coefficient (Wildman–Crippen LogP) is 13.8. The molecule has 2 nitrogen and oxygen atoms in total. The molecular weight excluding hydrogens is 657 g/mol. The zero-order valence-electron chi connectivity index (χ0n) is 30.0. The number of hydrogen-bond donors (Lipinski definition) is 0. The van der Waals surface area contributed by atoms with Crippen molar-refractivity contribution in [2.75, 3.05) is 0 Å². The minimum absolute atomic E-state index is 0.342. The summed E-state index contributed by atoms with van der Waals surface area (Å²) < 4.78 is 13.5. The van der Waals surface area contributed by atoms with E-state index in [2.05, 4.69) is 178 Å². The standard InChI is InChI=1S/C52H34O2/c1-51(41-19-7-3-13-33(41)34-14-4-8-20-42(34)51)44-22-12-18-39-40-29-31(26-28-48(40)54-50(39)44)32-25-27-36-35-15-5-9-21-43(35)52(2,46(36)30-32)45-23-11-17-38-37-16-6-10-24-47(37)53-49(38)45/h3-30H,1-2H3. The summed E-state index contributed by atoms with van der Waals surface area (Å²) in [5.41, 5.74) is 18.1. The minimum Gasteiger partial charge on any atom is -0.456 e. The van der Waals surface area contributed by atoms with Crippen molar-refractivity contribution in [1.82, 2.24) is 0 Å². The molecule has 254 valence electrons. The van der Waals surface area contributed by atoms with Crippen LogP contribution in [0.2, 0.25) is 0 Å². The Morgan fingerprint density at radius 1 is 0.315 bits per heavy atom. The number of rotatable bonds is 3. The molecule has 2 heterocycles. The SMILES string of the molecule is CC1(c2cccc3c2oc2ccccc23)c2ccccc2-c2ccc(-c3ccc4oc5c(C6(C)c7ccccc7-c7ccccc76)cccc5c4c3)cc21. The van der Waals surface area contributed by atoms with Crippen LogP contribution >= 0.6 is 0 Å². The summed E-state index contributed by atoms with van der Waals surface area (Å²) in [6.45, 7) is 4.73. The first kappa shape index (κ1) is 29.9. The first-order valence-corrected chi connectivity index (χ1v) is 18.8. The minimum atomic E-state index is -0.417. The van der Waals surface area contributed by atoms with Gasteiger partial charge in [-0.15, -0.1) is 0 Å². The largest absolute Gasteiger partial charge is 0.456 e. The smallest absolute Gasteiger partial charge is 0.139 e. The van der Waals surface area contributed by atoms with Crippen LogP contribution in [0, 0.1) is 0 Å². The van der Waals surface area contributed by atoms with Gasteiger partial charge in [0.05, 0.1) is 0 Å². The normalized spacial score (nSPS) is 16.6. The molecule has 54 heavy (non-hydrogen) atoms. The van der Waals surface area contributed by atoms with Gasteiger partial charge in [0.2, 0.25) is 0 Å². The number of fused-ring (bicyclic) bond motifs is 12. The molecule has 0 aliphatic heterocycles. The summed E-state index contributed by atoms with van der Waals surface area (Å²) in [6, 6.07) is 61.9. The first-order valence-electron chi connectivity index (χ1n) is 18.8. The van der Waals surface area contributed by atoms with Crippen LogP contribution in [0.25, 0.3) is 77.3 Å². The van der Waals surface area contributed by atoms with Crippen molar-refractivity contribution in [3.05, 3.63) is 203 Å². The van der Waals surface area contributed by atoms with E-state index in [1.165, 1.54) is 66.8 Å². The molecule has 1 unspecified atom stereocenters. The molecule has 0 saturated heterocycles. The fourth-order valence-electron chi connectivity index (χ4n) is 10.2. The molecule has 0 radical (unpaired) electrons. The second-order valence-electron chi connectivity index (χ2n) is 15.4. The van der Waals surface area contributed by atoms with Crippen molar-refractivity contribution in [1.29, 1.82) is 0 Å². The number of hydrogen-bond acceptors (Lipinski definition) is 2. The molecule has 0 spiro atoms. The van der Waals surface area contributed by atoms with E-state index in [9.17, 15) is 0 Å².